The summed E-state index contributed by atoms with van der Waals surface area (Å²) < 4.78 is 0. The third kappa shape index (κ3) is 2.31. The molecule has 6 heteroatoms. The fraction of sp³-hybridized carbons (Fsp3) is 0.462. The first-order valence-electron chi connectivity index (χ1n) is 6.52. The molecule has 0 aromatic carbocycles. The van der Waals surface area contributed by atoms with Crippen molar-refractivity contribution in [2.24, 2.45) is 0 Å². The van der Waals surface area contributed by atoms with Gasteiger partial charge < -0.3 is 16.4 Å². The van der Waals surface area contributed by atoms with Crippen LogP contribution in [0.5, 0.6) is 0 Å². The van der Waals surface area contributed by atoms with Crippen molar-refractivity contribution in [3.05, 3.63) is 17.3 Å². The van der Waals surface area contributed by atoms with Crippen LogP contribution in [0.3, 0.4) is 0 Å². The van der Waals surface area contributed by atoms with Crippen LogP contribution in [0.4, 0.5) is 11.8 Å². The lowest BCUT2D eigenvalue weighted by Crippen LogP contribution is -2.23. The van der Waals surface area contributed by atoms with Crippen molar-refractivity contribution in [2.45, 2.75) is 26.3 Å². The van der Waals surface area contributed by atoms with Gasteiger partial charge in [0.1, 0.15) is 5.82 Å². The lowest BCUT2D eigenvalue weighted by Gasteiger charge is -2.13. The number of nitrogens with one attached hydrogen (secondary N) is 2. The van der Waals surface area contributed by atoms with Crippen molar-refractivity contribution in [1.82, 2.24) is 20.3 Å². The van der Waals surface area contributed by atoms with Gasteiger partial charge in [-0.05, 0) is 38.4 Å². The predicted molar refractivity (Wildman–Crippen MR) is 76.1 cm³/mol. The summed E-state index contributed by atoms with van der Waals surface area (Å²) in [5.41, 5.74) is 8.71. The molecule has 100 valence electrons. The van der Waals surface area contributed by atoms with Gasteiger partial charge in [0.2, 0.25) is 5.95 Å². The van der Waals surface area contributed by atoms with Crippen molar-refractivity contribution in [3.63, 3.8) is 0 Å². The molecule has 0 saturated carbocycles. The lowest BCUT2D eigenvalue weighted by molar-refractivity contribution is 0.782. The Morgan fingerprint density at radius 1 is 1.32 bits per heavy atom. The Kier molecular flexibility index (Phi) is 2.94. The summed E-state index contributed by atoms with van der Waals surface area (Å²) >= 11 is 0. The number of anilines is 2. The number of aryl methyl sites for hydroxylation is 2. The third-order valence-electron chi connectivity index (χ3n) is 3.41. The maximum atomic E-state index is 6.04. The summed E-state index contributed by atoms with van der Waals surface area (Å²) in [5.74, 6) is 1.06. The standard InChI is InChI=1S/C13H18N6/c1-7-5-8(2)16-12-10(7)11(14)18-13(19-12)17-9-3-4-15-6-9/h5,9,15H,3-4,6H2,1-2H3,(H3,14,16,17,18,19)/t9-/m1/s1. The largest absolute Gasteiger partial charge is 0.383 e. The summed E-state index contributed by atoms with van der Waals surface area (Å²) in [5, 5.41) is 7.45. The van der Waals surface area contributed by atoms with Crippen LogP contribution in [0.2, 0.25) is 0 Å². The number of nitrogens with zero attached hydrogens (tertiary/aromatic N) is 3. The molecule has 6 nitrogen and oxygen atoms in total. The van der Waals surface area contributed by atoms with Gasteiger partial charge in [0, 0.05) is 18.3 Å². The van der Waals surface area contributed by atoms with Crippen molar-refractivity contribution in [2.75, 3.05) is 24.1 Å². The minimum atomic E-state index is 0.364. The topological polar surface area (TPSA) is 88.8 Å². The molecule has 0 spiro atoms. The second kappa shape index (κ2) is 4.62. The van der Waals surface area contributed by atoms with Gasteiger partial charge in [-0.25, -0.2) is 4.98 Å². The predicted octanol–water partition coefficient (Wildman–Crippen LogP) is 0.998. The number of hydrogen-bond acceptors (Lipinski definition) is 6. The molecule has 19 heavy (non-hydrogen) atoms. The molecule has 0 radical (unpaired) electrons. The van der Waals surface area contributed by atoms with Crippen molar-refractivity contribution in [1.29, 1.82) is 0 Å². The van der Waals surface area contributed by atoms with E-state index in [-0.39, 0.29) is 0 Å². The Bertz CT molecular complexity index is 618. The summed E-state index contributed by atoms with van der Waals surface area (Å²) in [6.07, 6.45) is 1.07. The summed E-state index contributed by atoms with van der Waals surface area (Å²) in [6, 6.07) is 2.36. The van der Waals surface area contributed by atoms with Gasteiger partial charge in [-0.1, -0.05) is 0 Å². The molecule has 3 rings (SSSR count). The van der Waals surface area contributed by atoms with E-state index in [0.29, 0.717) is 23.5 Å². The first kappa shape index (κ1) is 12.1. The van der Waals surface area contributed by atoms with Crippen LogP contribution in [0.15, 0.2) is 6.07 Å². The number of nitrogen functional groups attached to an aromatic ring is 1. The highest BCUT2D eigenvalue weighted by Gasteiger charge is 2.16. The Labute approximate surface area is 111 Å². The van der Waals surface area contributed by atoms with Gasteiger partial charge in [0.15, 0.2) is 5.65 Å². The second-order valence-electron chi connectivity index (χ2n) is 5.05. The molecule has 2 aromatic heterocycles. The van der Waals surface area contributed by atoms with Crippen LogP contribution in [0, 0.1) is 13.8 Å². The SMILES string of the molecule is Cc1cc(C)c2c(N)nc(N[C@@H]3CCNC3)nc2n1. The molecular weight excluding hydrogens is 240 g/mol. The van der Waals surface area contributed by atoms with E-state index in [1.807, 2.05) is 19.9 Å². The van der Waals surface area contributed by atoms with Crippen molar-refractivity contribution < 1.29 is 0 Å². The number of aromatic nitrogens is 3. The van der Waals surface area contributed by atoms with Gasteiger partial charge in [-0.3, -0.25) is 0 Å². The Balaban J connectivity index is 2.02. The van der Waals surface area contributed by atoms with E-state index in [2.05, 4.69) is 25.6 Å². The molecule has 0 bridgehead atoms. The number of fused-ring (bicyclic) bond motifs is 1. The number of pyridine rings is 1. The molecular formula is C13H18N6. The summed E-state index contributed by atoms with van der Waals surface area (Å²) in [4.78, 5) is 13.3. The minimum absolute atomic E-state index is 0.364. The monoisotopic (exact) mass is 258 g/mol. The van der Waals surface area contributed by atoms with E-state index in [1.54, 1.807) is 0 Å². The molecule has 3 heterocycles. The molecule has 4 N–H and O–H groups in total. The van der Waals surface area contributed by atoms with Gasteiger partial charge >= 0.3 is 0 Å². The normalized spacial score (nSPS) is 18.9. The van der Waals surface area contributed by atoms with Crippen LogP contribution in [-0.4, -0.2) is 34.1 Å². The lowest BCUT2D eigenvalue weighted by atomic mass is 10.1. The van der Waals surface area contributed by atoms with Crippen LogP contribution >= 0.6 is 0 Å². The molecule has 2 aromatic rings. The Morgan fingerprint density at radius 2 is 2.16 bits per heavy atom. The van der Waals surface area contributed by atoms with Gasteiger partial charge in [-0.2, -0.15) is 9.97 Å². The maximum Gasteiger partial charge on any atom is 0.226 e. The van der Waals surface area contributed by atoms with Crippen LogP contribution in [0.25, 0.3) is 11.0 Å². The van der Waals surface area contributed by atoms with Gasteiger partial charge in [-0.15, -0.1) is 0 Å². The molecule has 1 fully saturated rings. The zero-order valence-electron chi connectivity index (χ0n) is 11.2. The second-order valence-corrected chi connectivity index (χ2v) is 5.05. The summed E-state index contributed by atoms with van der Waals surface area (Å²) in [7, 11) is 0. The molecule has 0 unspecified atom stereocenters. The van der Waals surface area contributed by atoms with Crippen LogP contribution in [0.1, 0.15) is 17.7 Å². The van der Waals surface area contributed by atoms with Crippen LogP contribution in [-0.2, 0) is 0 Å². The highest BCUT2D eigenvalue weighted by Crippen LogP contribution is 2.23. The smallest absolute Gasteiger partial charge is 0.226 e. The number of hydrogen-bond donors (Lipinski definition) is 3. The van der Waals surface area contributed by atoms with Gasteiger partial charge in [0.05, 0.1) is 5.39 Å². The van der Waals surface area contributed by atoms with Crippen molar-refractivity contribution >= 4 is 22.8 Å². The average Bonchev–Trinajstić information content (AvgIpc) is 2.79. The first-order chi connectivity index (χ1) is 9.13. The molecule has 0 aliphatic carbocycles. The van der Waals surface area contributed by atoms with E-state index in [1.165, 1.54) is 0 Å². The van der Waals surface area contributed by atoms with E-state index in [9.17, 15) is 0 Å². The minimum Gasteiger partial charge on any atom is -0.383 e. The summed E-state index contributed by atoms with van der Waals surface area (Å²) in [6.45, 7) is 5.92. The third-order valence-corrected chi connectivity index (χ3v) is 3.41. The zero-order chi connectivity index (χ0) is 13.4. The number of nitrogens with two attached hydrogens (primary N) is 1. The fourth-order valence-corrected chi connectivity index (χ4v) is 2.53. The quantitative estimate of drug-likeness (QED) is 0.744. The van der Waals surface area contributed by atoms with E-state index >= 15 is 0 Å². The Hall–Kier alpha value is -1.95. The zero-order valence-corrected chi connectivity index (χ0v) is 11.2. The molecule has 1 atom stereocenters. The molecule has 1 saturated heterocycles. The van der Waals surface area contributed by atoms with E-state index in [4.69, 9.17) is 5.73 Å². The first-order valence-corrected chi connectivity index (χ1v) is 6.52. The molecule has 1 aliphatic heterocycles. The molecule has 1 aliphatic rings. The molecule has 0 amide bonds. The highest BCUT2D eigenvalue weighted by molar-refractivity contribution is 5.89. The van der Waals surface area contributed by atoms with Crippen LogP contribution < -0.4 is 16.4 Å². The average molecular weight is 258 g/mol. The fourth-order valence-electron chi connectivity index (χ4n) is 2.53. The maximum absolute atomic E-state index is 6.04. The highest BCUT2D eigenvalue weighted by atomic mass is 15.2. The number of rotatable bonds is 2. The van der Waals surface area contributed by atoms with Crippen molar-refractivity contribution in [3.8, 4) is 0 Å². The van der Waals surface area contributed by atoms with E-state index < -0.39 is 0 Å². The Morgan fingerprint density at radius 3 is 2.89 bits per heavy atom. The van der Waals surface area contributed by atoms with E-state index in [0.717, 1.165) is 36.2 Å². The van der Waals surface area contributed by atoms with Gasteiger partial charge in [0.25, 0.3) is 0 Å².